The second kappa shape index (κ2) is 6.16. The Morgan fingerprint density at radius 3 is 2.77 bits per heavy atom. The maximum Gasteiger partial charge on any atom is 0.163 e. The van der Waals surface area contributed by atoms with Crippen LogP contribution in [0.25, 0.3) is 5.69 Å². The van der Waals surface area contributed by atoms with Crippen LogP contribution in [0.4, 0.5) is 0 Å². The van der Waals surface area contributed by atoms with Gasteiger partial charge in [-0.3, -0.25) is 0 Å². The van der Waals surface area contributed by atoms with Crippen LogP contribution >= 0.6 is 0 Å². The van der Waals surface area contributed by atoms with Crippen molar-refractivity contribution >= 4 is 0 Å². The smallest absolute Gasteiger partial charge is 0.163 e. The van der Waals surface area contributed by atoms with Crippen molar-refractivity contribution in [3.63, 3.8) is 0 Å². The third kappa shape index (κ3) is 2.73. The van der Waals surface area contributed by atoms with E-state index >= 15 is 0 Å². The summed E-state index contributed by atoms with van der Waals surface area (Å²) in [6.07, 6.45) is 7.08. The molecule has 1 aliphatic heterocycles. The van der Waals surface area contributed by atoms with Gasteiger partial charge < -0.3 is 14.0 Å². The molecule has 7 heteroatoms. The van der Waals surface area contributed by atoms with Gasteiger partial charge in [0, 0.05) is 30.8 Å². The molecule has 26 heavy (non-hydrogen) atoms. The minimum absolute atomic E-state index is 0.501. The molecule has 0 N–H and O–H groups in total. The molecule has 134 valence electrons. The van der Waals surface area contributed by atoms with Gasteiger partial charge in [0.1, 0.15) is 19.0 Å². The van der Waals surface area contributed by atoms with E-state index in [1.54, 1.807) is 0 Å². The van der Waals surface area contributed by atoms with Crippen LogP contribution in [-0.4, -0.2) is 37.5 Å². The Labute approximate surface area is 151 Å². The molecule has 0 atom stereocenters. The number of benzene rings is 1. The highest BCUT2D eigenvalue weighted by Gasteiger charge is 2.29. The minimum Gasteiger partial charge on any atom is -0.486 e. The zero-order valence-corrected chi connectivity index (χ0v) is 14.8. The lowest BCUT2D eigenvalue weighted by molar-refractivity contribution is 0.171. The number of fused-ring (bicyclic) bond motifs is 1. The number of ether oxygens (including phenoxy) is 2. The van der Waals surface area contributed by atoms with Gasteiger partial charge in [-0.25, -0.2) is 14.6 Å². The molecule has 3 heterocycles. The summed E-state index contributed by atoms with van der Waals surface area (Å²) < 4.78 is 15.4. The lowest BCUT2D eigenvalue weighted by atomic mass is 10.2. The predicted molar refractivity (Wildman–Crippen MR) is 95.0 cm³/mol. The third-order valence-electron chi connectivity index (χ3n) is 4.83. The topological polar surface area (TPSA) is 67.0 Å². The molecule has 0 bridgehead atoms. The van der Waals surface area contributed by atoms with Gasteiger partial charge in [-0.15, -0.1) is 0 Å². The quantitative estimate of drug-likeness (QED) is 0.707. The van der Waals surface area contributed by atoms with Crippen LogP contribution in [0.15, 0.2) is 30.6 Å². The van der Waals surface area contributed by atoms with Gasteiger partial charge >= 0.3 is 0 Å². The first kappa shape index (κ1) is 15.4. The first-order valence-electron chi connectivity index (χ1n) is 9.17. The van der Waals surface area contributed by atoms with Crippen molar-refractivity contribution in [2.24, 2.45) is 0 Å². The highest BCUT2D eigenvalue weighted by atomic mass is 16.6. The highest BCUT2D eigenvalue weighted by Crippen LogP contribution is 2.39. The lowest BCUT2D eigenvalue weighted by Crippen LogP contribution is -2.16. The van der Waals surface area contributed by atoms with Crippen molar-refractivity contribution in [3.05, 3.63) is 48.1 Å². The Hall–Kier alpha value is -2.83. The van der Waals surface area contributed by atoms with Gasteiger partial charge in [-0.2, -0.15) is 5.10 Å². The molecule has 1 aromatic carbocycles. The SMILES string of the molecule is CCc1nccn1Cc1nc(C2CC2)nn1-c1ccc2c(c1)OCCO2. The molecule has 2 aromatic heterocycles. The Kier molecular flexibility index (Phi) is 3.65. The van der Waals surface area contributed by atoms with Crippen molar-refractivity contribution in [3.8, 4) is 17.2 Å². The van der Waals surface area contributed by atoms with Gasteiger partial charge in [0.15, 0.2) is 23.1 Å². The molecule has 0 amide bonds. The van der Waals surface area contributed by atoms with Crippen LogP contribution in [-0.2, 0) is 13.0 Å². The fraction of sp³-hybridized carbons (Fsp3) is 0.421. The van der Waals surface area contributed by atoms with Crippen molar-refractivity contribution < 1.29 is 9.47 Å². The fourth-order valence-corrected chi connectivity index (χ4v) is 3.30. The summed E-state index contributed by atoms with van der Waals surface area (Å²) in [6, 6.07) is 5.94. The van der Waals surface area contributed by atoms with E-state index in [0.717, 1.165) is 41.1 Å². The van der Waals surface area contributed by atoms with Crippen LogP contribution < -0.4 is 9.47 Å². The molecule has 0 spiro atoms. The fourth-order valence-electron chi connectivity index (χ4n) is 3.30. The average Bonchev–Trinajstić information content (AvgIpc) is 3.29. The molecular weight excluding hydrogens is 330 g/mol. The summed E-state index contributed by atoms with van der Waals surface area (Å²) in [4.78, 5) is 9.26. The van der Waals surface area contributed by atoms with Crippen LogP contribution in [0.1, 0.15) is 43.2 Å². The summed E-state index contributed by atoms with van der Waals surface area (Å²) in [6.45, 7) is 3.92. The van der Waals surface area contributed by atoms with Crippen molar-refractivity contribution in [2.45, 2.75) is 38.6 Å². The van der Waals surface area contributed by atoms with Gasteiger partial charge in [0.05, 0.1) is 12.2 Å². The zero-order chi connectivity index (χ0) is 17.5. The first-order chi connectivity index (χ1) is 12.8. The largest absolute Gasteiger partial charge is 0.486 e. The summed E-state index contributed by atoms with van der Waals surface area (Å²) in [5.41, 5.74) is 0.946. The van der Waals surface area contributed by atoms with Crippen molar-refractivity contribution in [1.82, 2.24) is 24.3 Å². The van der Waals surface area contributed by atoms with E-state index in [1.807, 2.05) is 35.3 Å². The standard InChI is InChI=1S/C19H21N5O2/c1-2-17-20-7-8-23(17)12-18-21-19(13-3-4-13)22-24(18)14-5-6-15-16(11-14)26-10-9-25-15/h5-8,11,13H,2-4,9-10,12H2,1H3. The number of nitrogens with zero attached hydrogens (tertiary/aromatic N) is 5. The van der Waals surface area contributed by atoms with Gasteiger partial charge in [-0.05, 0) is 25.0 Å². The molecule has 1 aliphatic carbocycles. The molecule has 0 radical (unpaired) electrons. The van der Waals surface area contributed by atoms with E-state index < -0.39 is 0 Å². The summed E-state index contributed by atoms with van der Waals surface area (Å²) in [5, 5.41) is 4.80. The Morgan fingerprint density at radius 2 is 1.96 bits per heavy atom. The van der Waals surface area contributed by atoms with E-state index in [4.69, 9.17) is 19.6 Å². The zero-order valence-electron chi connectivity index (χ0n) is 14.8. The first-order valence-corrected chi connectivity index (χ1v) is 9.17. The Balaban J connectivity index is 1.55. The molecular formula is C19H21N5O2. The number of aryl methyl sites for hydroxylation is 1. The highest BCUT2D eigenvalue weighted by molar-refractivity contribution is 5.49. The summed E-state index contributed by atoms with van der Waals surface area (Å²) in [5.74, 6) is 4.95. The minimum atomic E-state index is 0.501. The molecule has 1 saturated carbocycles. The van der Waals surface area contributed by atoms with Gasteiger partial charge in [0.25, 0.3) is 0 Å². The van der Waals surface area contributed by atoms with Crippen molar-refractivity contribution in [1.29, 1.82) is 0 Å². The van der Waals surface area contributed by atoms with Gasteiger partial charge in [-0.1, -0.05) is 6.92 Å². The van der Waals surface area contributed by atoms with Crippen molar-refractivity contribution in [2.75, 3.05) is 13.2 Å². The Bertz CT molecular complexity index is 941. The maximum atomic E-state index is 5.73. The van der Waals surface area contributed by atoms with Crippen LogP contribution in [0.2, 0.25) is 0 Å². The van der Waals surface area contributed by atoms with Crippen LogP contribution in [0.3, 0.4) is 0 Å². The van der Waals surface area contributed by atoms with Gasteiger partial charge in [0.2, 0.25) is 0 Å². The maximum absolute atomic E-state index is 5.73. The molecule has 3 aromatic rings. The van der Waals surface area contributed by atoms with E-state index in [1.165, 1.54) is 12.8 Å². The lowest BCUT2D eigenvalue weighted by Gasteiger charge is -2.19. The monoisotopic (exact) mass is 351 g/mol. The molecule has 5 rings (SSSR count). The van der Waals surface area contributed by atoms with E-state index in [0.29, 0.717) is 25.7 Å². The second-order valence-corrected chi connectivity index (χ2v) is 6.73. The average molecular weight is 351 g/mol. The number of aromatic nitrogens is 5. The predicted octanol–water partition coefficient (Wildman–Crippen LogP) is 2.72. The third-order valence-corrected chi connectivity index (χ3v) is 4.83. The molecule has 0 unspecified atom stereocenters. The number of rotatable bonds is 5. The molecule has 2 aliphatic rings. The number of hydrogen-bond donors (Lipinski definition) is 0. The van der Waals surface area contributed by atoms with Crippen LogP contribution in [0, 0.1) is 0 Å². The van der Waals surface area contributed by atoms with Crippen LogP contribution in [0.5, 0.6) is 11.5 Å². The summed E-state index contributed by atoms with van der Waals surface area (Å²) >= 11 is 0. The molecule has 1 fully saturated rings. The van der Waals surface area contributed by atoms with E-state index in [2.05, 4.69) is 16.5 Å². The Morgan fingerprint density at radius 1 is 1.12 bits per heavy atom. The van der Waals surface area contributed by atoms with E-state index in [-0.39, 0.29) is 0 Å². The normalized spacial score (nSPS) is 16.0. The molecule has 7 nitrogen and oxygen atoms in total. The second-order valence-electron chi connectivity index (χ2n) is 6.73. The summed E-state index contributed by atoms with van der Waals surface area (Å²) in [7, 11) is 0. The van der Waals surface area contributed by atoms with E-state index in [9.17, 15) is 0 Å². The number of hydrogen-bond acceptors (Lipinski definition) is 5. The number of imidazole rings is 1. The molecule has 0 saturated heterocycles.